The molecule has 0 aromatic heterocycles. The number of hydrogen-bond acceptors (Lipinski definition) is 0. The Morgan fingerprint density at radius 3 is 1.39 bits per heavy atom. The van der Waals surface area contributed by atoms with Crippen LogP contribution in [-0.2, 0) is 16.1 Å². The maximum atomic E-state index is 3.72. The van der Waals surface area contributed by atoms with Gasteiger partial charge < -0.3 is 0 Å². The van der Waals surface area contributed by atoms with E-state index < -0.39 is 0 Å². The van der Waals surface area contributed by atoms with Crippen molar-refractivity contribution in [3.63, 3.8) is 0 Å². The Hall–Kier alpha value is -0.600. The highest BCUT2D eigenvalue weighted by molar-refractivity contribution is 9.08. The van der Waals surface area contributed by atoms with Crippen molar-refractivity contribution in [2.24, 2.45) is 0 Å². The third-order valence-corrected chi connectivity index (χ3v) is 8.51. The van der Waals surface area contributed by atoms with Crippen LogP contribution in [0.5, 0.6) is 0 Å². The fourth-order valence-corrected chi connectivity index (χ4v) is 6.18. The lowest BCUT2D eigenvalue weighted by Gasteiger charge is -2.33. The minimum atomic E-state index is 0.194. The molecule has 0 nitrogen and oxygen atoms in total. The highest BCUT2D eigenvalue weighted by Crippen LogP contribution is 2.54. The van der Waals surface area contributed by atoms with Gasteiger partial charge in [0.2, 0.25) is 0 Å². The standard InChI is InChI=1S/C29H40Br2/c1-3-5-7-9-11-17-29(18-12-10-8-6-4-2)27-19-23(21-30)13-15-25(27)26-16-14-24(22-31)20-28(26)29/h13-16,19-20H,3-12,17-18,21-22H2,1-2H3. The van der Waals surface area contributed by atoms with E-state index in [1.807, 2.05) is 0 Å². The Kier molecular flexibility index (Phi) is 10.2. The Labute approximate surface area is 207 Å². The molecule has 2 heteroatoms. The molecule has 0 heterocycles. The summed E-state index contributed by atoms with van der Waals surface area (Å²) >= 11 is 7.43. The molecule has 0 unspecified atom stereocenters. The Balaban J connectivity index is 1.98. The van der Waals surface area contributed by atoms with Gasteiger partial charge in [0, 0.05) is 16.1 Å². The molecule has 0 aliphatic heterocycles. The van der Waals surface area contributed by atoms with Crippen LogP contribution in [0.25, 0.3) is 11.1 Å². The second-order valence-electron chi connectivity index (χ2n) is 9.44. The predicted octanol–water partition coefficient (Wildman–Crippen LogP) is 10.5. The number of benzene rings is 2. The van der Waals surface area contributed by atoms with Crippen molar-refractivity contribution in [3.8, 4) is 11.1 Å². The molecule has 0 saturated heterocycles. The fraction of sp³-hybridized carbons (Fsp3) is 0.586. The number of unbranched alkanes of at least 4 members (excludes halogenated alkanes) is 8. The van der Waals surface area contributed by atoms with Crippen LogP contribution in [0.2, 0.25) is 0 Å². The lowest BCUT2D eigenvalue weighted by molar-refractivity contribution is 0.398. The van der Waals surface area contributed by atoms with E-state index >= 15 is 0 Å². The summed E-state index contributed by atoms with van der Waals surface area (Å²) < 4.78 is 0. The summed E-state index contributed by atoms with van der Waals surface area (Å²) in [7, 11) is 0. The summed E-state index contributed by atoms with van der Waals surface area (Å²) in [5.41, 5.74) is 9.21. The number of halogens is 2. The number of fused-ring (bicyclic) bond motifs is 3. The molecule has 1 aliphatic carbocycles. The van der Waals surface area contributed by atoms with E-state index in [4.69, 9.17) is 0 Å². The molecule has 2 aromatic carbocycles. The number of alkyl halides is 2. The molecule has 0 N–H and O–H groups in total. The van der Waals surface area contributed by atoms with Crippen molar-refractivity contribution in [1.82, 2.24) is 0 Å². The monoisotopic (exact) mass is 546 g/mol. The molecular formula is C29H40Br2. The van der Waals surface area contributed by atoms with Crippen LogP contribution in [0.1, 0.15) is 113 Å². The summed E-state index contributed by atoms with van der Waals surface area (Å²) in [5.74, 6) is 0. The maximum Gasteiger partial charge on any atom is 0.0283 e. The Morgan fingerprint density at radius 2 is 1.00 bits per heavy atom. The third-order valence-electron chi connectivity index (χ3n) is 7.21. The van der Waals surface area contributed by atoms with Gasteiger partial charge in [0.1, 0.15) is 0 Å². The van der Waals surface area contributed by atoms with E-state index in [0.717, 1.165) is 10.7 Å². The van der Waals surface area contributed by atoms with Gasteiger partial charge in [-0.05, 0) is 46.2 Å². The van der Waals surface area contributed by atoms with E-state index in [1.54, 1.807) is 11.1 Å². The fourth-order valence-electron chi connectivity index (χ4n) is 5.48. The lowest BCUT2D eigenvalue weighted by atomic mass is 9.70. The summed E-state index contributed by atoms with van der Waals surface area (Å²) in [6.07, 6.45) is 16.1. The van der Waals surface area contributed by atoms with Gasteiger partial charge in [-0.2, -0.15) is 0 Å². The van der Waals surface area contributed by atoms with Crippen molar-refractivity contribution >= 4 is 31.9 Å². The quantitative estimate of drug-likeness (QED) is 0.163. The van der Waals surface area contributed by atoms with Gasteiger partial charge >= 0.3 is 0 Å². The molecule has 0 atom stereocenters. The van der Waals surface area contributed by atoms with Gasteiger partial charge in [-0.3, -0.25) is 0 Å². The lowest BCUT2D eigenvalue weighted by Crippen LogP contribution is -2.26. The minimum Gasteiger partial charge on any atom is -0.0876 e. The molecule has 2 aromatic rings. The first-order valence-corrected chi connectivity index (χ1v) is 14.8. The first-order chi connectivity index (χ1) is 15.2. The van der Waals surface area contributed by atoms with E-state index in [2.05, 4.69) is 82.1 Å². The van der Waals surface area contributed by atoms with E-state index in [9.17, 15) is 0 Å². The predicted molar refractivity (Wildman–Crippen MR) is 145 cm³/mol. The molecular weight excluding hydrogens is 508 g/mol. The first-order valence-electron chi connectivity index (χ1n) is 12.6. The molecule has 0 amide bonds. The molecule has 170 valence electrons. The van der Waals surface area contributed by atoms with Crippen molar-refractivity contribution < 1.29 is 0 Å². The Bertz CT molecular complexity index is 754. The van der Waals surface area contributed by atoms with Gasteiger partial charge in [0.05, 0.1) is 0 Å². The van der Waals surface area contributed by atoms with Crippen LogP contribution in [0.3, 0.4) is 0 Å². The molecule has 3 rings (SSSR count). The largest absolute Gasteiger partial charge is 0.0876 e. The van der Waals surface area contributed by atoms with Gasteiger partial charge in [-0.1, -0.05) is 146 Å². The third kappa shape index (κ3) is 5.85. The van der Waals surface area contributed by atoms with Crippen molar-refractivity contribution in [2.45, 2.75) is 107 Å². The van der Waals surface area contributed by atoms with Crippen molar-refractivity contribution in [1.29, 1.82) is 0 Å². The number of rotatable bonds is 14. The first kappa shape index (κ1) is 25.0. The molecule has 31 heavy (non-hydrogen) atoms. The maximum absolute atomic E-state index is 3.72. The van der Waals surface area contributed by atoms with Gasteiger partial charge in [0.25, 0.3) is 0 Å². The summed E-state index contributed by atoms with van der Waals surface area (Å²) in [5, 5.41) is 1.87. The Morgan fingerprint density at radius 1 is 0.581 bits per heavy atom. The smallest absolute Gasteiger partial charge is 0.0283 e. The van der Waals surface area contributed by atoms with Crippen LogP contribution >= 0.6 is 31.9 Å². The highest BCUT2D eigenvalue weighted by Gasteiger charge is 2.42. The second kappa shape index (κ2) is 12.6. The van der Waals surface area contributed by atoms with E-state index in [-0.39, 0.29) is 5.41 Å². The summed E-state index contributed by atoms with van der Waals surface area (Å²) in [6.45, 7) is 4.62. The van der Waals surface area contributed by atoms with Crippen molar-refractivity contribution in [3.05, 3.63) is 58.7 Å². The van der Waals surface area contributed by atoms with Crippen molar-refractivity contribution in [2.75, 3.05) is 0 Å². The van der Waals surface area contributed by atoms with Crippen LogP contribution in [0.15, 0.2) is 36.4 Å². The van der Waals surface area contributed by atoms with Gasteiger partial charge in [-0.15, -0.1) is 0 Å². The molecule has 1 aliphatic rings. The SMILES string of the molecule is CCCCCCCC1(CCCCCCC)c2cc(CBr)ccc2-c2ccc(CBr)cc21. The van der Waals surface area contributed by atoms with Crippen LogP contribution < -0.4 is 0 Å². The summed E-state index contributed by atoms with van der Waals surface area (Å²) in [4.78, 5) is 0. The molecule has 0 spiro atoms. The van der Waals surface area contributed by atoms with E-state index in [1.165, 1.54) is 99.3 Å². The van der Waals surface area contributed by atoms with Gasteiger partial charge in [0.15, 0.2) is 0 Å². The normalized spacial score (nSPS) is 13.9. The molecule has 0 bridgehead atoms. The average Bonchev–Trinajstić information content (AvgIpc) is 3.07. The van der Waals surface area contributed by atoms with Crippen LogP contribution in [0.4, 0.5) is 0 Å². The topological polar surface area (TPSA) is 0 Å². The second-order valence-corrected chi connectivity index (χ2v) is 10.6. The molecule has 0 fully saturated rings. The average molecular weight is 548 g/mol. The van der Waals surface area contributed by atoms with Crippen LogP contribution in [0, 0.1) is 0 Å². The minimum absolute atomic E-state index is 0.194. The van der Waals surface area contributed by atoms with Gasteiger partial charge in [-0.25, -0.2) is 0 Å². The zero-order chi connectivity index (χ0) is 22.1. The molecule has 0 radical (unpaired) electrons. The zero-order valence-electron chi connectivity index (χ0n) is 19.6. The summed E-state index contributed by atoms with van der Waals surface area (Å²) in [6, 6.07) is 14.5. The number of hydrogen-bond donors (Lipinski definition) is 0. The zero-order valence-corrected chi connectivity index (χ0v) is 22.8. The molecule has 0 saturated carbocycles. The van der Waals surface area contributed by atoms with Crippen LogP contribution in [-0.4, -0.2) is 0 Å². The highest BCUT2D eigenvalue weighted by atomic mass is 79.9. The van der Waals surface area contributed by atoms with E-state index in [0.29, 0.717) is 0 Å².